The Hall–Kier alpha value is -3.92. The number of ketones is 2. The van der Waals surface area contributed by atoms with Crippen LogP contribution in [0.3, 0.4) is 0 Å². The van der Waals surface area contributed by atoms with E-state index in [1.54, 1.807) is 19.2 Å². The van der Waals surface area contributed by atoms with E-state index in [9.17, 15) is 22.4 Å². The maximum absolute atomic E-state index is 15.2. The molecule has 0 saturated heterocycles. The van der Waals surface area contributed by atoms with Crippen LogP contribution < -0.4 is 4.72 Å². The highest BCUT2D eigenvalue weighted by Gasteiger charge is 2.26. The first kappa shape index (κ1) is 25.2. The van der Waals surface area contributed by atoms with Crippen LogP contribution in [-0.4, -0.2) is 35.7 Å². The quantitative estimate of drug-likeness (QED) is 0.307. The van der Waals surface area contributed by atoms with Gasteiger partial charge < -0.3 is 4.98 Å². The molecule has 2 N–H and O–H groups in total. The number of aromatic nitrogens is 2. The molecule has 0 aliphatic heterocycles. The molecule has 0 atom stereocenters. The molecule has 7 nitrogen and oxygen atoms in total. The highest BCUT2D eigenvalue weighted by atomic mass is 32.2. The van der Waals surface area contributed by atoms with Crippen LogP contribution in [0.25, 0.3) is 22.2 Å². The van der Waals surface area contributed by atoms with E-state index in [0.717, 1.165) is 23.3 Å². The Bertz CT molecular complexity index is 1580. The minimum atomic E-state index is -3.86. The summed E-state index contributed by atoms with van der Waals surface area (Å²) in [6.07, 6.45) is 3.52. The second kappa shape index (κ2) is 9.98. The smallest absolute Gasteiger partial charge is 0.232 e. The molecule has 186 valence electrons. The van der Waals surface area contributed by atoms with Crippen molar-refractivity contribution in [1.82, 2.24) is 9.97 Å². The van der Waals surface area contributed by atoms with E-state index >= 15 is 4.39 Å². The van der Waals surface area contributed by atoms with E-state index in [-0.39, 0.29) is 17.1 Å². The molecule has 0 radical (unpaired) electrons. The number of nitrogens with zero attached hydrogens (tertiary/aromatic N) is 1. The fourth-order valence-electron chi connectivity index (χ4n) is 3.91. The molecule has 0 bridgehead atoms. The van der Waals surface area contributed by atoms with Gasteiger partial charge in [-0.2, -0.15) is 0 Å². The summed E-state index contributed by atoms with van der Waals surface area (Å²) in [5.74, 6) is -3.57. The first-order valence-electron chi connectivity index (χ1n) is 11.2. The first-order valence-corrected chi connectivity index (χ1v) is 12.8. The van der Waals surface area contributed by atoms with Gasteiger partial charge in [-0.25, -0.2) is 22.2 Å². The number of rotatable bonds is 9. The minimum Gasteiger partial charge on any atom is -0.345 e. The third-order valence-electron chi connectivity index (χ3n) is 5.57. The fourth-order valence-corrected chi connectivity index (χ4v) is 5.05. The van der Waals surface area contributed by atoms with Gasteiger partial charge in [-0.15, -0.1) is 0 Å². The van der Waals surface area contributed by atoms with Gasteiger partial charge in [0.2, 0.25) is 15.8 Å². The van der Waals surface area contributed by atoms with Crippen molar-refractivity contribution in [2.45, 2.75) is 26.7 Å². The van der Waals surface area contributed by atoms with Crippen LogP contribution in [0, 0.1) is 11.6 Å². The summed E-state index contributed by atoms with van der Waals surface area (Å²) in [6, 6.07) is 10.7. The normalized spacial score (nSPS) is 11.6. The molecule has 0 spiro atoms. The molecule has 2 aromatic carbocycles. The van der Waals surface area contributed by atoms with E-state index in [1.165, 1.54) is 13.1 Å². The van der Waals surface area contributed by atoms with E-state index in [1.807, 2.05) is 24.3 Å². The van der Waals surface area contributed by atoms with E-state index < -0.39 is 38.7 Å². The van der Waals surface area contributed by atoms with Gasteiger partial charge in [0.05, 0.1) is 17.0 Å². The monoisotopic (exact) mass is 511 g/mol. The predicted molar refractivity (Wildman–Crippen MR) is 133 cm³/mol. The predicted octanol–water partition coefficient (Wildman–Crippen LogP) is 5.02. The number of pyridine rings is 1. The van der Waals surface area contributed by atoms with Gasteiger partial charge in [-0.05, 0) is 42.7 Å². The third kappa shape index (κ3) is 5.18. The molecule has 0 aliphatic carbocycles. The zero-order valence-electron chi connectivity index (χ0n) is 19.6. The lowest BCUT2D eigenvalue weighted by atomic mass is 9.99. The standard InChI is InChI=1S/C26H23F2N3O4S/c1-3-10-36(34,35)31-22-9-8-21(27)23(24(22)28)25(33)20-14-30-26-19(20)12-18(13-29-26)17-6-4-16(5-7-17)11-15(2)32/h4-9,12-14,31H,3,10-11H2,1-2H3,(H,29,30). The average Bonchev–Trinajstić information content (AvgIpc) is 3.24. The van der Waals surface area contributed by atoms with E-state index in [4.69, 9.17) is 0 Å². The lowest BCUT2D eigenvalue weighted by Gasteiger charge is -2.11. The van der Waals surface area contributed by atoms with Crippen LogP contribution in [0.5, 0.6) is 0 Å². The molecular formula is C26H23F2N3O4S. The number of carbonyl (C=O) groups excluding carboxylic acids is 2. The molecule has 4 aromatic rings. The molecule has 0 amide bonds. The van der Waals surface area contributed by atoms with Crippen molar-refractivity contribution >= 4 is 38.3 Å². The number of carbonyl (C=O) groups is 2. The number of halogens is 2. The number of H-pyrrole nitrogens is 1. The Labute approximate surface area is 206 Å². The van der Waals surface area contributed by atoms with Crippen molar-refractivity contribution in [2.24, 2.45) is 0 Å². The van der Waals surface area contributed by atoms with Gasteiger partial charge in [0.15, 0.2) is 5.82 Å². The van der Waals surface area contributed by atoms with Crippen molar-refractivity contribution in [2.75, 3.05) is 10.5 Å². The number of Topliss-reactive ketones (excluding diaryl/α,β-unsaturated/α-hetero) is 1. The number of hydrogen-bond donors (Lipinski definition) is 2. The Kier molecular flexibility index (Phi) is 6.98. The molecule has 0 unspecified atom stereocenters. The SMILES string of the molecule is CCCS(=O)(=O)Nc1ccc(F)c(C(=O)c2c[nH]c3ncc(-c4ccc(CC(C)=O)cc4)cc23)c1F. The molecule has 10 heteroatoms. The summed E-state index contributed by atoms with van der Waals surface area (Å²) < 4.78 is 56.1. The number of sulfonamides is 1. The van der Waals surface area contributed by atoms with Crippen LogP contribution in [0.4, 0.5) is 14.5 Å². The highest BCUT2D eigenvalue weighted by Crippen LogP contribution is 2.30. The number of benzene rings is 2. The molecule has 4 rings (SSSR count). The lowest BCUT2D eigenvalue weighted by molar-refractivity contribution is -0.116. The second-order valence-electron chi connectivity index (χ2n) is 8.43. The summed E-state index contributed by atoms with van der Waals surface area (Å²) >= 11 is 0. The Balaban J connectivity index is 1.73. The number of anilines is 1. The number of nitrogens with one attached hydrogen (secondary N) is 2. The zero-order valence-corrected chi connectivity index (χ0v) is 20.4. The Morgan fingerprint density at radius 1 is 1.06 bits per heavy atom. The zero-order chi connectivity index (χ0) is 26.0. The minimum absolute atomic E-state index is 0.0149. The highest BCUT2D eigenvalue weighted by molar-refractivity contribution is 7.92. The third-order valence-corrected chi connectivity index (χ3v) is 7.05. The number of fused-ring (bicyclic) bond motifs is 1. The molecule has 0 aliphatic rings. The molecular weight excluding hydrogens is 488 g/mol. The van der Waals surface area contributed by atoms with Crippen molar-refractivity contribution in [3.8, 4) is 11.1 Å². The molecule has 0 saturated carbocycles. The summed E-state index contributed by atoms with van der Waals surface area (Å²) in [6.45, 7) is 3.16. The topological polar surface area (TPSA) is 109 Å². The summed E-state index contributed by atoms with van der Waals surface area (Å²) in [5.41, 5.74) is 1.26. The van der Waals surface area contributed by atoms with Gasteiger partial charge in [-0.3, -0.25) is 14.3 Å². The lowest BCUT2D eigenvalue weighted by Crippen LogP contribution is -2.18. The van der Waals surface area contributed by atoms with Gasteiger partial charge in [0.25, 0.3) is 0 Å². The van der Waals surface area contributed by atoms with Crippen molar-refractivity contribution < 1.29 is 26.8 Å². The number of hydrogen-bond acceptors (Lipinski definition) is 5. The van der Waals surface area contributed by atoms with Gasteiger partial charge in [0.1, 0.15) is 17.2 Å². The van der Waals surface area contributed by atoms with Crippen LogP contribution in [0.2, 0.25) is 0 Å². The maximum atomic E-state index is 15.2. The van der Waals surface area contributed by atoms with E-state index in [2.05, 4.69) is 14.7 Å². The van der Waals surface area contributed by atoms with Gasteiger partial charge in [0, 0.05) is 35.3 Å². The van der Waals surface area contributed by atoms with Gasteiger partial charge in [-0.1, -0.05) is 31.2 Å². The Morgan fingerprint density at radius 3 is 2.44 bits per heavy atom. The molecule has 36 heavy (non-hydrogen) atoms. The second-order valence-corrected chi connectivity index (χ2v) is 10.3. The first-order chi connectivity index (χ1) is 17.1. The van der Waals surface area contributed by atoms with Crippen LogP contribution in [0.15, 0.2) is 54.9 Å². The summed E-state index contributed by atoms with van der Waals surface area (Å²) in [7, 11) is -3.86. The molecule has 0 fully saturated rings. The van der Waals surface area contributed by atoms with Crippen LogP contribution >= 0.6 is 0 Å². The number of aromatic amines is 1. The fraction of sp³-hybridized carbons (Fsp3) is 0.192. The van der Waals surface area contributed by atoms with Crippen molar-refractivity contribution in [3.63, 3.8) is 0 Å². The summed E-state index contributed by atoms with van der Waals surface area (Å²) in [4.78, 5) is 31.7. The van der Waals surface area contributed by atoms with Crippen molar-refractivity contribution in [3.05, 3.63) is 83.2 Å². The Morgan fingerprint density at radius 2 is 1.78 bits per heavy atom. The molecule has 2 aromatic heterocycles. The van der Waals surface area contributed by atoms with Crippen molar-refractivity contribution in [1.29, 1.82) is 0 Å². The van der Waals surface area contributed by atoms with Crippen LogP contribution in [-0.2, 0) is 21.2 Å². The average molecular weight is 512 g/mol. The van der Waals surface area contributed by atoms with Gasteiger partial charge >= 0.3 is 0 Å². The molecule has 2 heterocycles. The van der Waals surface area contributed by atoms with Crippen LogP contribution in [0.1, 0.15) is 41.8 Å². The summed E-state index contributed by atoms with van der Waals surface area (Å²) in [5, 5.41) is 0.348. The van der Waals surface area contributed by atoms with E-state index in [0.29, 0.717) is 29.4 Å². The maximum Gasteiger partial charge on any atom is 0.232 e. The largest absolute Gasteiger partial charge is 0.345 e.